The quantitative estimate of drug-likeness (QED) is 0.370. The minimum atomic E-state index is -0.417. The Morgan fingerprint density at radius 3 is 2.66 bits per heavy atom. The number of carbonyl (C=O) groups excluding carboxylic acids is 1. The molecule has 0 radical (unpaired) electrons. The Morgan fingerprint density at radius 1 is 1.12 bits per heavy atom. The van der Waals surface area contributed by atoms with Crippen molar-refractivity contribution in [2.45, 2.75) is 37.2 Å². The molecular weight excluding hydrogens is 444 g/mol. The fourth-order valence-electron chi connectivity index (χ4n) is 3.21. The van der Waals surface area contributed by atoms with Crippen molar-refractivity contribution in [3.05, 3.63) is 54.0 Å². The van der Waals surface area contributed by atoms with Gasteiger partial charge in [0.15, 0.2) is 11.0 Å². The highest BCUT2D eigenvalue weighted by Crippen LogP contribution is 2.35. The van der Waals surface area contributed by atoms with E-state index in [0.717, 1.165) is 10.6 Å². The van der Waals surface area contributed by atoms with Crippen molar-refractivity contribution >= 4 is 34.8 Å². The summed E-state index contributed by atoms with van der Waals surface area (Å²) in [4.78, 5) is 13.9. The van der Waals surface area contributed by atoms with Gasteiger partial charge in [0, 0.05) is 12.1 Å². The molecule has 8 nitrogen and oxygen atoms in total. The molecule has 32 heavy (non-hydrogen) atoms. The summed E-state index contributed by atoms with van der Waals surface area (Å²) in [6.07, 6.45) is 1.68. The van der Waals surface area contributed by atoms with E-state index in [1.54, 1.807) is 35.4 Å². The maximum absolute atomic E-state index is 12.9. The molecule has 3 aromatic heterocycles. The summed E-state index contributed by atoms with van der Waals surface area (Å²) in [6, 6.07) is 13.6. The largest absolute Gasteiger partial charge is 0.495 e. The van der Waals surface area contributed by atoms with Crippen LogP contribution in [0.4, 0.5) is 5.82 Å². The van der Waals surface area contributed by atoms with Gasteiger partial charge in [-0.2, -0.15) is 5.10 Å². The van der Waals surface area contributed by atoms with Gasteiger partial charge in [0.25, 0.3) is 0 Å². The summed E-state index contributed by atoms with van der Waals surface area (Å²) >= 11 is 2.92. The lowest BCUT2D eigenvalue weighted by atomic mass is 10.3. The fourth-order valence-corrected chi connectivity index (χ4v) is 4.77. The second-order valence-corrected chi connectivity index (χ2v) is 9.55. The highest BCUT2D eigenvalue weighted by Gasteiger charge is 2.24. The SMILES string of the molecule is COc1ccccc1-n1c(SC(C)C(=O)Nc2ccnn2C(C)C)nnc1-c1cccs1. The predicted molar refractivity (Wildman–Crippen MR) is 128 cm³/mol. The molecule has 1 atom stereocenters. The smallest absolute Gasteiger partial charge is 0.238 e. The van der Waals surface area contributed by atoms with Gasteiger partial charge < -0.3 is 10.1 Å². The number of para-hydroxylation sites is 2. The first kappa shape index (κ1) is 22.1. The van der Waals surface area contributed by atoms with Crippen molar-refractivity contribution in [2.24, 2.45) is 0 Å². The lowest BCUT2D eigenvalue weighted by Gasteiger charge is -2.16. The van der Waals surface area contributed by atoms with Crippen LogP contribution in [0.2, 0.25) is 0 Å². The number of anilines is 1. The van der Waals surface area contributed by atoms with Crippen LogP contribution in [0.25, 0.3) is 16.4 Å². The van der Waals surface area contributed by atoms with E-state index in [-0.39, 0.29) is 11.9 Å². The number of hydrogen-bond acceptors (Lipinski definition) is 7. The maximum Gasteiger partial charge on any atom is 0.238 e. The number of methoxy groups -OCH3 is 1. The molecule has 0 fully saturated rings. The van der Waals surface area contributed by atoms with E-state index < -0.39 is 5.25 Å². The molecule has 4 rings (SSSR count). The zero-order chi connectivity index (χ0) is 22.7. The molecule has 0 aliphatic rings. The molecule has 1 amide bonds. The van der Waals surface area contributed by atoms with Crippen LogP contribution in [-0.2, 0) is 4.79 Å². The molecule has 1 aromatic carbocycles. The Labute approximate surface area is 194 Å². The van der Waals surface area contributed by atoms with Crippen molar-refractivity contribution in [3.63, 3.8) is 0 Å². The van der Waals surface area contributed by atoms with Crippen LogP contribution in [-0.4, -0.2) is 42.8 Å². The van der Waals surface area contributed by atoms with E-state index in [1.807, 2.05) is 67.1 Å². The van der Waals surface area contributed by atoms with Crippen LogP contribution >= 0.6 is 23.1 Å². The number of rotatable bonds is 8. The summed E-state index contributed by atoms with van der Waals surface area (Å²) in [5.74, 6) is 1.94. The topological polar surface area (TPSA) is 86.9 Å². The van der Waals surface area contributed by atoms with E-state index in [4.69, 9.17) is 4.74 Å². The first-order valence-corrected chi connectivity index (χ1v) is 11.9. The summed E-state index contributed by atoms with van der Waals surface area (Å²) in [5.41, 5.74) is 0.816. The number of carbonyl (C=O) groups is 1. The Kier molecular flexibility index (Phi) is 6.61. The fraction of sp³-hybridized carbons (Fsp3) is 0.273. The molecule has 0 aliphatic carbocycles. The molecule has 10 heteroatoms. The first-order chi connectivity index (χ1) is 15.5. The second kappa shape index (κ2) is 9.58. The van der Waals surface area contributed by atoms with Crippen molar-refractivity contribution in [1.29, 1.82) is 0 Å². The van der Waals surface area contributed by atoms with E-state index in [0.29, 0.717) is 22.5 Å². The zero-order valence-electron chi connectivity index (χ0n) is 18.2. The summed E-state index contributed by atoms with van der Waals surface area (Å²) in [6.45, 7) is 5.88. The molecule has 3 heterocycles. The molecule has 0 spiro atoms. The second-order valence-electron chi connectivity index (χ2n) is 7.29. The lowest BCUT2D eigenvalue weighted by Crippen LogP contribution is -2.25. The van der Waals surface area contributed by atoms with Crippen LogP contribution in [0.5, 0.6) is 5.75 Å². The highest BCUT2D eigenvalue weighted by molar-refractivity contribution is 8.00. The molecule has 0 saturated heterocycles. The normalized spacial score (nSPS) is 12.2. The third kappa shape index (κ3) is 4.42. The summed E-state index contributed by atoms with van der Waals surface area (Å²) < 4.78 is 9.30. The van der Waals surface area contributed by atoms with Gasteiger partial charge >= 0.3 is 0 Å². The summed E-state index contributed by atoms with van der Waals surface area (Å²) in [5, 5.41) is 18.3. The van der Waals surface area contributed by atoms with Crippen molar-refractivity contribution in [2.75, 3.05) is 12.4 Å². The standard InChI is InChI=1S/C22H24N6O2S2/c1-14(2)28-19(11-12-23-28)24-21(29)15(3)32-22-26-25-20(18-10-7-13-31-18)27(22)16-8-5-6-9-17(16)30-4/h5-15H,1-4H3,(H,24,29). The van der Waals surface area contributed by atoms with Crippen LogP contribution in [0.15, 0.2) is 59.2 Å². The highest BCUT2D eigenvalue weighted by atomic mass is 32.2. The van der Waals surface area contributed by atoms with Crippen LogP contribution in [0.1, 0.15) is 26.8 Å². The van der Waals surface area contributed by atoms with Crippen LogP contribution in [0, 0.1) is 0 Å². The molecule has 0 bridgehead atoms. The van der Waals surface area contributed by atoms with E-state index in [9.17, 15) is 4.79 Å². The van der Waals surface area contributed by atoms with E-state index in [2.05, 4.69) is 20.6 Å². The molecule has 166 valence electrons. The Hall–Kier alpha value is -3.11. The van der Waals surface area contributed by atoms with Crippen LogP contribution < -0.4 is 10.1 Å². The van der Waals surface area contributed by atoms with Gasteiger partial charge in [-0.05, 0) is 44.4 Å². The van der Waals surface area contributed by atoms with E-state index >= 15 is 0 Å². The number of nitrogens with one attached hydrogen (secondary N) is 1. The number of hydrogen-bond donors (Lipinski definition) is 1. The van der Waals surface area contributed by atoms with Crippen molar-refractivity contribution < 1.29 is 9.53 Å². The molecule has 1 unspecified atom stereocenters. The monoisotopic (exact) mass is 468 g/mol. The van der Waals surface area contributed by atoms with Gasteiger partial charge in [-0.1, -0.05) is 30.0 Å². The zero-order valence-corrected chi connectivity index (χ0v) is 19.9. The molecule has 4 aromatic rings. The number of nitrogens with zero attached hydrogens (tertiary/aromatic N) is 5. The van der Waals surface area contributed by atoms with Gasteiger partial charge in [-0.15, -0.1) is 21.5 Å². The minimum absolute atomic E-state index is 0.135. The number of aromatic nitrogens is 5. The third-order valence-corrected chi connectivity index (χ3v) is 6.67. The number of thioether (sulfide) groups is 1. The average Bonchev–Trinajstić information content (AvgIpc) is 3.54. The van der Waals surface area contributed by atoms with Crippen LogP contribution in [0.3, 0.4) is 0 Å². The summed E-state index contributed by atoms with van der Waals surface area (Å²) in [7, 11) is 1.63. The Balaban J connectivity index is 1.65. The molecule has 1 N–H and O–H groups in total. The number of ether oxygens (including phenoxy) is 1. The van der Waals surface area contributed by atoms with Gasteiger partial charge in [0.05, 0.1) is 29.1 Å². The number of thiophene rings is 1. The minimum Gasteiger partial charge on any atom is -0.495 e. The van der Waals surface area contributed by atoms with Crippen molar-refractivity contribution in [3.8, 4) is 22.1 Å². The van der Waals surface area contributed by atoms with Gasteiger partial charge in [-0.3, -0.25) is 9.36 Å². The first-order valence-electron chi connectivity index (χ1n) is 10.1. The lowest BCUT2D eigenvalue weighted by molar-refractivity contribution is -0.115. The Morgan fingerprint density at radius 2 is 1.94 bits per heavy atom. The molecule has 0 saturated carbocycles. The van der Waals surface area contributed by atoms with Gasteiger partial charge in [0.2, 0.25) is 5.91 Å². The Bertz CT molecular complexity index is 1200. The number of amides is 1. The predicted octanol–water partition coefficient (Wildman–Crippen LogP) is 4.90. The number of benzene rings is 1. The van der Waals surface area contributed by atoms with Gasteiger partial charge in [-0.25, -0.2) is 4.68 Å². The average molecular weight is 469 g/mol. The van der Waals surface area contributed by atoms with Gasteiger partial charge in [0.1, 0.15) is 11.6 Å². The van der Waals surface area contributed by atoms with Crippen molar-refractivity contribution in [1.82, 2.24) is 24.5 Å². The molecule has 0 aliphatic heterocycles. The third-order valence-electron chi connectivity index (χ3n) is 4.76. The maximum atomic E-state index is 12.9. The van der Waals surface area contributed by atoms with E-state index in [1.165, 1.54) is 11.8 Å². The molecular formula is C22H24N6O2S2.